The van der Waals surface area contributed by atoms with Gasteiger partial charge >= 0.3 is 0 Å². The van der Waals surface area contributed by atoms with Crippen LogP contribution < -0.4 is 15.5 Å². The fourth-order valence-corrected chi connectivity index (χ4v) is 2.88. The number of nitrogens with one attached hydrogen (secondary N) is 2. The van der Waals surface area contributed by atoms with Crippen LogP contribution in [-0.4, -0.2) is 46.2 Å². The van der Waals surface area contributed by atoms with Crippen LogP contribution in [0.25, 0.3) is 0 Å². The van der Waals surface area contributed by atoms with Crippen molar-refractivity contribution in [2.24, 2.45) is 0 Å². The molecule has 8 heteroatoms. The van der Waals surface area contributed by atoms with Crippen LogP contribution in [0.4, 0.5) is 29.1 Å². The number of hydrogen-bond donors (Lipinski definition) is 2. The van der Waals surface area contributed by atoms with Crippen molar-refractivity contribution in [1.82, 2.24) is 19.9 Å². The SMILES string of the molecule is Cc1cc(Nc2ccc(N3CCOCC3)cc2)nc(Nc2ncccn2)n1. The van der Waals surface area contributed by atoms with Crippen molar-refractivity contribution in [2.75, 3.05) is 41.8 Å². The number of anilines is 5. The van der Waals surface area contributed by atoms with Crippen molar-refractivity contribution in [3.05, 3.63) is 54.5 Å². The minimum Gasteiger partial charge on any atom is -0.378 e. The molecule has 1 aromatic carbocycles. The van der Waals surface area contributed by atoms with E-state index in [0.717, 1.165) is 37.7 Å². The van der Waals surface area contributed by atoms with Gasteiger partial charge in [-0.3, -0.25) is 5.32 Å². The molecule has 2 N–H and O–H groups in total. The van der Waals surface area contributed by atoms with Crippen LogP contribution in [0.15, 0.2) is 48.8 Å². The number of hydrogen-bond acceptors (Lipinski definition) is 8. The molecule has 138 valence electrons. The zero-order valence-corrected chi connectivity index (χ0v) is 15.1. The Kier molecular flexibility index (Phi) is 5.06. The maximum atomic E-state index is 5.41. The maximum Gasteiger partial charge on any atom is 0.231 e. The molecular weight excluding hydrogens is 342 g/mol. The zero-order valence-electron chi connectivity index (χ0n) is 15.1. The summed E-state index contributed by atoms with van der Waals surface area (Å²) < 4.78 is 5.41. The smallest absolute Gasteiger partial charge is 0.231 e. The summed E-state index contributed by atoms with van der Waals surface area (Å²) >= 11 is 0. The third kappa shape index (κ3) is 4.48. The molecule has 1 fully saturated rings. The van der Waals surface area contributed by atoms with Crippen molar-refractivity contribution < 1.29 is 4.74 Å². The molecule has 0 atom stereocenters. The first-order valence-corrected chi connectivity index (χ1v) is 8.86. The van der Waals surface area contributed by atoms with Gasteiger partial charge in [-0.15, -0.1) is 0 Å². The van der Waals surface area contributed by atoms with Crippen LogP contribution in [0.5, 0.6) is 0 Å². The second kappa shape index (κ2) is 7.96. The monoisotopic (exact) mass is 363 g/mol. The summed E-state index contributed by atoms with van der Waals surface area (Å²) in [4.78, 5) is 19.5. The maximum absolute atomic E-state index is 5.41. The Morgan fingerprint density at radius 1 is 0.926 bits per heavy atom. The van der Waals surface area contributed by atoms with E-state index in [1.165, 1.54) is 5.69 Å². The number of nitrogens with zero attached hydrogens (tertiary/aromatic N) is 5. The van der Waals surface area contributed by atoms with E-state index in [0.29, 0.717) is 17.7 Å². The number of aryl methyl sites for hydroxylation is 1. The molecule has 1 aliphatic heterocycles. The predicted octanol–water partition coefficient (Wildman–Crippen LogP) is 2.90. The van der Waals surface area contributed by atoms with E-state index in [-0.39, 0.29) is 0 Å². The van der Waals surface area contributed by atoms with E-state index in [1.54, 1.807) is 18.5 Å². The molecule has 1 saturated heterocycles. The highest BCUT2D eigenvalue weighted by atomic mass is 16.5. The molecule has 0 unspecified atom stereocenters. The molecule has 8 nitrogen and oxygen atoms in total. The van der Waals surface area contributed by atoms with Crippen LogP contribution in [0.1, 0.15) is 5.69 Å². The quantitative estimate of drug-likeness (QED) is 0.715. The molecule has 27 heavy (non-hydrogen) atoms. The Bertz CT molecular complexity index is 880. The normalized spacial score (nSPS) is 14.0. The molecule has 0 bridgehead atoms. The first-order chi connectivity index (χ1) is 13.3. The number of rotatable bonds is 5. The summed E-state index contributed by atoms with van der Waals surface area (Å²) in [5, 5.41) is 6.35. The Morgan fingerprint density at radius 2 is 1.67 bits per heavy atom. The summed E-state index contributed by atoms with van der Waals surface area (Å²) in [6, 6.07) is 12.0. The van der Waals surface area contributed by atoms with Crippen molar-refractivity contribution in [3.63, 3.8) is 0 Å². The highest BCUT2D eigenvalue weighted by Crippen LogP contribution is 2.22. The van der Waals surface area contributed by atoms with Crippen molar-refractivity contribution in [3.8, 4) is 0 Å². The van der Waals surface area contributed by atoms with Gasteiger partial charge in [-0.25, -0.2) is 15.0 Å². The van der Waals surface area contributed by atoms with Gasteiger partial charge in [0.1, 0.15) is 5.82 Å². The van der Waals surface area contributed by atoms with E-state index < -0.39 is 0 Å². The zero-order chi connectivity index (χ0) is 18.5. The predicted molar refractivity (Wildman–Crippen MR) is 105 cm³/mol. The van der Waals surface area contributed by atoms with Gasteiger partial charge in [-0.05, 0) is 37.3 Å². The lowest BCUT2D eigenvalue weighted by atomic mass is 10.2. The average molecular weight is 363 g/mol. The van der Waals surface area contributed by atoms with Gasteiger partial charge in [0, 0.05) is 48.6 Å². The second-order valence-electron chi connectivity index (χ2n) is 6.19. The highest BCUT2D eigenvalue weighted by molar-refractivity contribution is 5.62. The fourth-order valence-electron chi connectivity index (χ4n) is 2.88. The van der Waals surface area contributed by atoms with E-state index >= 15 is 0 Å². The number of aromatic nitrogens is 4. The minimum atomic E-state index is 0.452. The summed E-state index contributed by atoms with van der Waals surface area (Å²) in [6.07, 6.45) is 3.33. The molecule has 3 aromatic rings. The number of benzene rings is 1. The van der Waals surface area contributed by atoms with Crippen LogP contribution in [-0.2, 0) is 4.74 Å². The first-order valence-electron chi connectivity index (χ1n) is 8.86. The van der Waals surface area contributed by atoms with Gasteiger partial charge in [0.2, 0.25) is 11.9 Å². The summed E-state index contributed by atoms with van der Waals surface area (Å²) in [5.74, 6) is 1.62. The Hall–Kier alpha value is -3.26. The van der Waals surface area contributed by atoms with E-state index in [2.05, 4.69) is 59.7 Å². The van der Waals surface area contributed by atoms with Crippen LogP contribution in [0.2, 0.25) is 0 Å². The Balaban J connectivity index is 1.47. The minimum absolute atomic E-state index is 0.452. The van der Waals surface area contributed by atoms with Gasteiger partial charge in [-0.2, -0.15) is 4.98 Å². The third-order valence-corrected chi connectivity index (χ3v) is 4.16. The standard InChI is InChI=1S/C19H21N7O/c1-14-13-17(24-19(22-14)25-18-20-7-2-8-21-18)23-15-3-5-16(6-4-15)26-9-11-27-12-10-26/h2-8,13H,9-12H2,1H3,(H2,20,21,22,23,24,25). The van der Waals surface area contributed by atoms with Gasteiger partial charge < -0.3 is 15.0 Å². The van der Waals surface area contributed by atoms with E-state index in [9.17, 15) is 0 Å². The lowest BCUT2D eigenvalue weighted by Crippen LogP contribution is -2.36. The molecule has 0 saturated carbocycles. The third-order valence-electron chi connectivity index (χ3n) is 4.16. The summed E-state index contributed by atoms with van der Waals surface area (Å²) in [6.45, 7) is 5.33. The van der Waals surface area contributed by atoms with E-state index in [4.69, 9.17) is 4.74 Å². The first kappa shape index (κ1) is 17.2. The lowest BCUT2D eigenvalue weighted by molar-refractivity contribution is 0.122. The largest absolute Gasteiger partial charge is 0.378 e. The molecule has 1 aliphatic rings. The molecule has 0 radical (unpaired) electrons. The topological polar surface area (TPSA) is 88.1 Å². The number of ether oxygens (including phenoxy) is 1. The van der Waals surface area contributed by atoms with E-state index in [1.807, 2.05) is 13.0 Å². The Labute approximate surface area is 157 Å². The molecule has 0 amide bonds. The highest BCUT2D eigenvalue weighted by Gasteiger charge is 2.11. The van der Waals surface area contributed by atoms with Crippen molar-refractivity contribution in [1.29, 1.82) is 0 Å². The average Bonchev–Trinajstić information content (AvgIpc) is 2.70. The molecule has 3 heterocycles. The molecule has 4 rings (SSSR count). The van der Waals surface area contributed by atoms with Gasteiger partial charge in [-0.1, -0.05) is 0 Å². The van der Waals surface area contributed by atoms with Crippen molar-refractivity contribution in [2.45, 2.75) is 6.92 Å². The fraction of sp³-hybridized carbons (Fsp3) is 0.263. The number of morpholine rings is 1. The molecule has 0 spiro atoms. The van der Waals surface area contributed by atoms with Crippen LogP contribution >= 0.6 is 0 Å². The molecule has 0 aliphatic carbocycles. The van der Waals surface area contributed by atoms with Crippen LogP contribution in [0, 0.1) is 6.92 Å². The van der Waals surface area contributed by atoms with Crippen LogP contribution in [0.3, 0.4) is 0 Å². The summed E-state index contributed by atoms with van der Waals surface area (Å²) in [5.41, 5.74) is 3.01. The van der Waals surface area contributed by atoms with Gasteiger partial charge in [0.05, 0.1) is 13.2 Å². The molecule has 2 aromatic heterocycles. The molecular formula is C19H21N7O. The Morgan fingerprint density at radius 3 is 2.41 bits per heavy atom. The van der Waals surface area contributed by atoms with Crippen molar-refractivity contribution >= 4 is 29.1 Å². The summed E-state index contributed by atoms with van der Waals surface area (Å²) in [7, 11) is 0. The van der Waals surface area contributed by atoms with Gasteiger partial charge in [0.15, 0.2) is 0 Å². The van der Waals surface area contributed by atoms with Gasteiger partial charge in [0.25, 0.3) is 0 Å². The second-order valence-corrected chi connectivity index (χ2v) is 6.19. The lowest BCUT2D eigenvalue weighted by Gasteiger charge is -2.28.